The monoisotopic (exact) mass is 353 g/mol. The summed E-state index contributed by atoms with van der Waals surface area (Å²) in [6, 6.07) is 10.6. The number of phenols is 1. The number of ether oxygens (including phenoxy) is 1. The second-order valence-electron chi connectivity index (χ2n) is 5.01. The summed E-state index contributed by atoms with van der Waals surface area (Å²) in [6.45, 7) is 0. The number of anilines is 2. The molecule has 0 bridgehead atoms. The van der Waals surface area contributed by atoms with Crippen molar-refractivity contribution in [2.24, 2.45) is 0 Å². The third kappa shape index (κ3) is 4.00. The minimum Gasteiger partial charge on any atom is -0.508 e. The molecule has 0 radical (unpaired) electrons. The molecular weight excluding hydrogens is 342 g/mol. The fourth-order valence-corrected chi connectivity index (χ4v) is 2.11. The van der Waals surface area contributed by atoms with Gasteiger partial charge in [0.05, 0.1) is 0 Å². The molecule has 3 aromatic rings. The lowest BCUT2D eigenvalue weighted by molar-refractivity contribution is -0.274. The Hall–Kier alpha value is -3.23. The second-order valence-corrected chi connectivity index (χ2v) is 5.01. The third-order valence-corrected chi connectivity index (χ3v) is 3.20. The molecule has 3 rings (SSSR count). The average Bonchev–Trinajstić information content (AvgIpc) is 2.90. The number of aromatic nitrogens is 2. The largest absolute Gasteiger partial charge is 0.573 e. The van der Waals surface area contributed by atoms with Gasteiger partial charge in [0.15, 0.2) is 11.6 Å². The van der Waals surface area contributed by atoms with Gasteiger partial charge in [0, 0.05) is 11.3 Å². The second kappa shape index (κ2) is 6.34. The van der Waals surface area contributed by atoms with Gasteiger partial charge in [0.1, 0.15) is 17.2 Å². The van der Waals surface area contributed by atoms with Crippen LogP contribution < -0.4 is 10.1 Å². The number of halogens is 4. The van der Waals surface area contributed by atoms with Crippen molar-refractivity contribution in [1.82, 2.24) is 10.2 Å². The number of aromatic hydroxyl groups is 1. The molecule has 0 saturated carbocycles. The summed E-state index contributed by atoms with van der Waals surface area (Å²) in [7, 11) is 0. The maximum atomic E-state index is 14.4. The number of hydrogen-bond donors (Lipinski definition) is 3. The van der Waals surface area contributed by atoms with Crippen LogP contribution in [0.5, 0.6) is 11.5 Å². The molecule has 0 aliphatic heterocycles. The molecule has 9 heteroatoms. The SMILES string of the molecule is Oc1ccc(-c2n[nH]c(Nc3ccc(OC(F)(F)F)cc3)c2F)cc1. The van der Waals surface area contributed by atoms with Crippen molar-refractivity contribution >= 4 is 11.5 Å². The van der Waals surface area contributed by atoms with E-state index in [9.17, 15) is 22.7 Å². The van der Waals surface area contributed by atoms with Crippen LogP contribution in [0, 0.1) is 5.82 Å². The Morgan fingerprint density at radius 1 is 1.00 bits per heavy atom. The fraction of sp³-hybridized carbons (Fsp3) is 0.0625. The zero-order valence-corrected chi connectivity index (χ0v) is 12.4. The predicted octanol–water partition coefficient (Wildman–Crippen LogP) is 4.56. The molecule has 0 fully saturated rings. The number of rotatable bonds is 4. The van der Waals surface area contributed by atoms with Gasteiger partial charge >= 0.3 is 6.36 Å². The van der Waals surface area contributed by atoms with Gasteiger partial charge in [-0.1, -0.05) is 0 Å². The molecule has 0 spiro atoms. The summed E-state index contributed by atoms with van der Waals surface area (Å²) >= 11 is 0. The molecule has 0 unspecified atom stereocenters. The molecule has 3 N–H and O–H groups in total. The van der Waals surface area contributed by atoms with Crippen molar-refractivity contribution in [3.63, 3.8) is 0 Å². The number of aromatic amines is 1. The number of nitrogens with one attached hydrogen (secondary N) is 2. The highest BCUT2D eigenvalue weighted by Gasteiger charge is 2.31. The summed E-state index contributed by atoms with van der Waals surface area (Å²) in [6.07, 6.45) is -4.77. The quantitative estimate of drug-likeness (QED) is 0.601. The normalized spacial score (nSPS) is 11.4. The van der Waals surface area contributed by atoms with Crippen molar-refractivity contribution in [1.29, 1.82) is 0 Å². The van der Waals surface area contributed by atoms with Gasteiger partial charge in [-0.2, -0.15) is 5.10 Å². The molecule has 1 aromatic heterocycles. The average molecular weight is 353 g/mol. The van der Waals surface area contributed by atoms with Crippen LogP contribution in [0.25, 0.3) is 11.3 Å². The first-order valence-corrected chi connectivity index (χ1v) is 6.98. The lowest BCUT2D eigenvalue weighted by Crippen LogP contribution is -2.16. The first kappa shape index (κ1) is 16.6. The molecule has 2 aromatic carbocycles. The van der Waals surface area contributed by atoms with Crippen LogP contribution in [0.15, 0.2) is 48.5 Å². The van der Waals surface area contributed by atoms with E-state index in [1.165, 1.54) is 36.4 Å². The van der Waals surface area contributed by atoms with Crippen molar-refractivity contribution in [3.05, 3.63) is 54.3 Å². The van der Waals surface area contributed by atoms with Crippen molar-refractivity contribution in [2.75, 3.05) is 5.32 Å². The number of benzene rings is 2. The van der Waals surface area contributed by atoms with Crippen molar-refractivity contribution in [3.8, 4) is 22.8 Å². The van der Waals surface area contributed by atoms with Crippen LogP contribution in [-0.4, -0.2) is 21.7 Å². The standard InChI is InChI=1S/C16H11F4N3O2/c17-13-14(9-1-5-11(24)6-2-9)22-23-15(13)21-10-3-7-12(8-4-10)25-16(18,19)20/h1-8,24H,(H2,21,22,23). The highest BCUT2D eigenvalue weighted by Crippen LogP contribution is 2.29. The summed E-state index contributed by atoms with van der Waals surface area (Å²) in [4.78, 5) is 0. The van der Waals surface area contributed by atoms with E-state index in [0.29, 0.717) is 11.3 Å². The summed E-state index contributed by atoms with van der Waals surface area (Å²) in [5, 5.41) is 18.3. The summed E-state index contributed by atoms with van der Waals surface area (Å²) < 4.78 is 54.5. The highest BCUT2D eigenvalue weighted by molar-refractivity contribution is 5.67. The predicted molar refractivity (Wildman–Crippen MR) is 82.1 cm³/mol. The van der Waals surface area contributed by atoms with E-state index in [-0.39, 0.29) is 23.0 Å². The lowest BCUT2D eigenvalue weighted by atomic mass is 10.1. The van der Waals surface area contributed by atoms with Crippen molar-refractivity contribution < 1.29 is 27.4 Å². The maximum absolute atomic E-state index is 14.4. The Balaban J connectivity index is 1.76. The van der Waals surface area contributed by atoms with E-state index in [2.05, 4.69) is 20.3 Å². The van der Waals surface area contributed by atoms with Crippen LogP contribution in [0.4, 0.5) is 29.1 Å². The van der Waals surface area contributed by atoms with Gasteiger partial charge in [-0.25, -0.2) is 4.39 Å². The topological polar surface area (TPSA) is 70.2 Å². The molecule has 1 heterocycles. The third-order valence-electron chi connectivity index (χ3n) is 3.20. The van der Waals surface area contributed by atoms with E-state index in [0.717, 1.165) is 12.1 Å². The molecule has 0 aliphatic rings. The number of hydrogen-bond acceptors (Lipinski definition) is 4. The lowest BCUT2D eigenvalue weighted by Gasteiger charge is -2.09. The van der Waals surface area contributed by atoms with Gasteiger partial charge < -0.3 is 15.2 Å². The zero-order valence-electron chi connectivity index (χ0n) is 12.4. The van der Waals surface area contributed by atoms with Crippen LogP contribution in [-0.2, 0) is 0 Å². The molecule has 25 heavy (non-hydrogen) atoms. The first-order valence-electron chi connectivity index (χ1n) is 6.98. The van der Waals surface area contributed by atoms with Crippen LogP contribution in [0.1, 0.15) is 0 Å². The van der Waals surface area contributed by atoms with E-state index in [4.69, 9.17) is 0 Å². The van der Waals surface area contributed by atoms with Gasteiger partial charge in [-0.15, -0.1) is 13.2 Å². The Morgan fingerprint density at radius 2 is 1.64 bits per heavy atom. The number of nitrogens with zero attached hydrogens (tertiary/aromatic N) is 1. The van der Waals surface area contributed by atoms with Gasteiger partial charge in [-0.3, -0.25) is 5.10 Å². The number of phenolic OH excluding ortho intramolecular Hbond substituents is 1. The van der Waals surface area contributed by atoms with Gasteiger partial charge in [-0.05, 0) is 48.5 Å². The first-order chi connectivity index (χ1) is 11.8. The Kier molecular flexibility index (Phi) is 4.22. The maximum Gasteiger partial charge on any atom is 0.573 e. The fourth-order valence-electron chi connectivity index (χ4n) is 2.11. The minimum atomic E-state index is -4.77. The highest BCUT2D eigenvalue weighted by atomic mass is 19.4. The summed E-state index contributed by atoms with van der Waals surface area (Å²) in [5.74, 6) is -1.05. The summed E-state index contributed by atoms with van der Waals surface area (Å²) in [5.41, 5.74) is 0.836. The zero-order chi connectivity index (χ0) is 18.0. The molecule has 0 saturated heterocycles. The van der Waals surface area contributed by atoms with Crippen molar-refractivity contribution in [2.45, 2.75) is 6.36 Å². The smallest absolute Gasteiger partial charge is 0.508 e. The van der Waals surface area contributed by atoms with Gasteiger partial charge in [0.2, 0.25) is 0 Å². The molecule has 0 atom stereocenters. The Morgan fingerprint density at radius 3 is 2.24 bits per heavy atom. The van der Waals surface area contributed by atoms with Crippen LogP contribution in [0.3, 0.4) is 0 Å². The molecule has 0 aliphatic carbocycles. The number of alkyl halides is 3. The van der Waals surface area contributed by atoms with E-state index >= 15 is 0 Å². The van der Waals surface area contributed by atoms with E-state index in [1.807, 2.05) is 0 Å². The minimum absolute atomic E-state index is 0.0409. The Labute approximate surface area is 138 Å². The molecular formula is C16H11F4N3O2. The molecule has 5 nitrogen and oxygen atoms in total. The Bertz CT molecular complexity index is 859. The van der Waals surface area contributed by atoms with E-state index in [1.54, 1.807) is 0 Å². The van der Waals surface area contributed by atoms with E-state index < -0.39 is 12.2 Å². The molecule has 0 amide bonds. The molecule has 130 valence electrons. The van der Waals surface area contributed by atoms with Gasteiger partial charge in [0.25, 0.3) is 0 Å². The number of H-pyrrole nitrogens is 1. The van der Waals surface area contributed by atoms with Crippen LogP contribution in [0.2, 0.25) is 0 Å². The van der Waals surface area contributed by atoms with Crippen LogP contribution >= 0.6 is 0 Å².